The molecule has 0 bridgehead atoms. The van der Waals surface area contributed by atoms with E-state index < -0.39 is 17.7 Å². The fraction of sp³-hybridized carbons (Fsp3) is 0.562. The molecule has 6 heteroatoms. The maximum Gasteiger partial charge on any atom is 0.263 e. The van der Waals surface area contributed by atoms with Gasteiger partial charge in [-0.2, -0.15) is 0 Å². The molecular formula is C16H22F2N2O2. The third-order valence-corrected chi connectivity index (χ3v) is 3.93. The smallest absolute Gasteiger partial charge is 0.263 e. The summed E-state index contributed by atoms with van der Waals surface area (Å²) in [5, 5.41) is 0. The predicted molar refractivity (Wildman–Crippen MR) is 79.4 cm³/mol. The lowest BCUT2D eigenvalue weighted by Gasteiger charge is -2.27. The number of likely N-dealkylation sites (tertiary alicyclic amines) is 1. The maximum absolute atomic E-state index is 13.7. The highest BCUT2D eigenvalue weighted by Gasteiger charge is 2.33. The Balaban J connectivity index is 2.11. The molecule has 1 aromatic carbocycles. The number of rotatable bonds is 5. The number of carbonyl (C=O) groups is 1. The fourth-order valence-corrected chi connectivity index (χ4v) is 2.58. The van der Waals surface area contributed by atoms with Crippen LogP contribution < -0.4 is 10.5 Å². The van der Waals surface area contributed by atoms with Crippen LogP contribution in [0.1, 0.15) is 20.3 Å². The van der Waals surface area contributed by atoms with Gasteiger partial charge >= 0.3 is 0 Å². The normalized spacial score (nSPS) is 19.5. The highest BCUT2D eigenvalue weighted by atomic mass is 19.1. The molecule has 0 aliphatic carbocycles. The second-order valence-corrected chi connectivity index (χ2v) is 6.03. The molecule has 122 valence electrons. The summed E-state index contributed by atoms with van der Waals surface area (Å²) in [7, 11) is 0. The molecular weight excluding hydrogens is 290 g/mol. The summed E-state index contributed by atoms with van der Waals surface area (Å²) < 4.78 is 32.2. The first-order chi connectivity index (χ1) is 10.4. The van der Waals surface area contributed by atoms with E-state index in [4.69, 9.17) is 10.5 Å². The molecule has 0 radical (unpaired) electrons. The average Bonchev–Trinajstić information content (AvgIpc) is 2.94. The molecule has 1 saturated heterocycles. The zero-order valence-electron chi connectivity index (χ0n) is 12.9. The van der Waals surface area contributed by atoms with Gasteiger partial charge in [-0.1, -0.05) is 13.8 Å². The molecule has 22 heavy (non-hydrogen) atoms. The van der Waals surface area contributed by atoms with Crippen molar-refractivity contribution in [3.05, 3.63) is 29.8 Å². The monoisotopic (exact) mass is 312 g/mol. The van der Waals surface area contributed by atoms with Gasteiger partial charge in [-0.3, -0.25) is 4.79 Å². The number of nitrogens with two attached hydrogens (primary N) is 1. The molecule has 1 amide bonds. The largest absolute Gasteiger partial charge is 0.477 e. The third-order valence-electron chi connectivity index (χ3n) is 3.93. The van der Waals surface area contributed by atoms with Crippen LogP contribution in [-0.2, 0) is 4.79 Å². The number of halogens is 2. The molecule has 1 heterocycles. The topological polar surface area (TPSA) is 55.6 Å². The van der Waals surface area contributed by atoms with Gasteiger partial charge < -0.3 is 15.4 Å². The average molecular weight is 312 g/mol. The Morgan fingerprint density at radius 2 is 2.18 bits per heavy atom. The Labute approximate surface area is 129 Å². The Morgan fingerprint density at radius 3 is 2.73 bits per heavy atom. The van der Waals surface area contributed by atoms with Gasteiger partial charge in [0.15, 0.2) is 17.7 Å². The SMILES string of the molecule is CC(C)C(Oc1ccc(F)cc1F)C(=O)N1CCC(CN)C1. The summed E-state index contributed by atoms with van der Waals surface area (Å²) in [6.07, 6.45) is 0.0781. The van der Waals surface area contributed by atoms with E-state index >= 15 is 0 Å². The first kappa shape index (κ1) is 16.7. The zero-order valence-corrected chi connectivity index (χ0v) is 12.9. The van der Waals surface area contributed by atoms with E-state index in [1.165, 1.54) is 6.07 Å². The maximum atomic E-state index is 13.7. The van der Waals surface area contributed by atoms with Gasteiger partial charge in [0, 0.05) is 19.2 Å². The lowest BCUT2D eigenvalue weighted by Crippen LogP contribution is -2.44. The van der Waals surface area contributed by atoms with E-state index in [9.17, 15) is 13.6 Å². The van der Waals surface area contributed by atoms with Gasteiger partial charge in [0.2, 0.25) is 0 Å². The van der Waals surface area contributed by atoms with E-state index in [1.807, 2.05) is 13.8 Å². The highest BCUT2D eigenvalue weighted by molar-refractivity contribution is 5.81. The van der Waals surface area contributed by atoms with E-state index in [0.717, 1.165) is 18.6 Å². The molecule has 1 aliphatic heterocycles. The van der Waals surface area contributed by atoms with Crippen molar-refractivity contribution < 1.29 is 18.3 Å². The van der Waals surface area contributed by atoms with Crippen LogP contribution in [0.5, 0.6) is 5.75 Å². The van der Waals surface area contributed by atoms with Crippen molar-refractivity contribution in [3.8, 4) is 5.75 Å². The first-order valence-corrected chi connectivity index (χ1v) is 7.53. The molecule has 1 aliphatic rings. The number of benzene rings is 1. The lowest BCUT2D eigenvalue weighted by molar-refractivity contribution is -0.139. The van der Waals surface area contributed by atoms with Gasteiger partial charge in [-0.15, -0.1) is 0 Å². The van der Waals surface area contributed by atoms with Crippen LogP contribution in [0.2, 0.25) is 0 Å². The molecule has 2 unspecified atom stereocenters. The minimum absolute atomic E-state index is 0.108. The Hall–Kier alpha value is -1.69. The second-order valence-electron chi connectivity index (χ2n) is 6.03. The van der Waals surface area contributed by atoms with E-state index in [1.54, 1.807) is 4.90 Å². The van der Waals surface area contributed by atoms with Crippen molar-refractivity contribution in [3.63, 3.8) is 0 Å². The Bertz CT molecular complexity index is 537. The number of hydrogen-bond acceptors (Lipinski definition) is 3. The summed E-state index contributed by atoms with van der Waals surface area (Å²) in [6.45, 7) is 5.46. The molecule has 2 rings (SSSR count). The van der Waals surface area contributed by atoms with Crippen LogP contribution in [0.3, 0.4) is 0 Å². The summed E-state index contributed by atoms with van der Waals surface area (Å²) in [4.78, 5) is 14.3. The van der Waals surface area contributed by atoms with Crippen LogP contribution >= 0.6 is 0 Å². The second kappa shape index (κ2) is 7.05. The quantitative estimate of drug-likeness (QED) is 0.906. The number of amides is 1. The first-order valence-electron chi connectivity index (χ1n) is 7.53. The zero-order chi connectivity index (χ0) is 16.3. The Kier molecular flexibility index (Phi) is 5.34. The molecule has 0 saturated carbocycles. The van der Waals surface area contributed by atoms with Crippen LogP contribution in [0.4, 0.5) is 8.78 Å². The molecule has 1 aromatic rings. The van der Waals surface area contributed by atoms with Crippen molar-refractivity contribution in [1.82, 2.24) is 4.90 Å². The van der Waals surface area contributed by atoms with Gasteiger partial charge in [0.1, 0.15) is 5.82 Å². The van der Waals surface area contributed by atoms with E-state index in [0.29, 0.717) is 25.6 Å². The minimum atomic E-state index is -0.806. The van der Waals surface area contributed by atoms with Gasteiger partial charge in [0.25, 0.3) is 5.91 Å². The van der Waals surface area contributed by atoms with Crippen LogP contribution in [0.25, 0.3) is 0 Å². The summed E-state index contributed by atoms with van der Waals surface area (Å²) >= 11 is 0. The molecule has 0 spiro atoms. The van der Waals surface area contributed by atoms with Gasteiger partial charge in [-0.25, -0.2) is 8.78 Å². The Morgan fingerprint density at radius 1 is 1.45 bits per heavy atom. The molecule has 2 N–H and O–H groups in total. The van der Waals surface area contributed by atoms with Crippen molar-refractivity contribution >= 4 is 5.91 Å². The molecule has 1 fully saturated rings. The molecule has 0 aromatic heterocycles. The standard InChI is InChI=1S/C16H22F2N2O2/c1-10(2)15(16(21)20-6-5-11(8-19)9-20)22-14-4-3-12(17)7-13(14)18/h3-4,7,10-11,15H,5-6,8-9,19H2,1-2H3. The van der Waals surface area contributed by atoms with Crippen molar-refractivity contribution in [1.29, 1.82) is 0 Å². The van der Waals surface area contributed by atoms with Crippen LogP contribution in [0.15, 0.2) is 18.2 Å². The van der Waals surface area contributed by atoms with Gasteiger partial charge in [-0.05, 0) is 36.9 Å². The molecule has 4 nitrogen and oxygen atoms in total. The van der Waals surface area contributed by atoms with E-state index in [-0.39, 0.29) is 17.6 Å². The highest BCUT2D eigenvalue weighted by Crippen LogP contribution is 2.24. The van der Waals surface area contributed by atoms with Crippen molar-refractivity contribution in [2.45, 2.75) is 26.4 Å². The summed E-state index contributed by atoms with van der Waals surface area (Å²) in [5.41, 5.74) is 5.64. The fourth-order valence-electron chi connectivity index (χ4n) is 2.58. The van der Waals surface area contributed by atoms with Gasteiger partial charge in [0.05, 0.1) is 0 Å². The third kappa shape index (κ3) is 3.74. The number of nitrogens with zero attached hydrogens (tertiary/aromatic N) is 1. The van der Waals surface area contributed by atoms with Crippen molar-refractivity contribution in [2.24, 2.45) is 17.6 Å². The number of carbonyl (C=O) groups excluding carboxylic acids is 1. The van der Waals surface area contributed by atoms with E-state index in [2.05, 4.69) is 0 Å². The summed E-state index contributed by atoms with van der Waals surface area (Å²) in [5.74, 6) is -1.59. The number of ether oxygens (including phenoxy) is 1. The number of hydrogen-bond donors (Lipinski definition) is 1. The van der Waals surface area contributed by atoms with Crippen LogP contribution in [-0.4, -0.2) is 36.5 Å². The molecule has 2 atom stereocenters. The summed E-state index contributed by atoms with van der Waals surface area (Å²) in [6, 6.07) is 3.07. The van der Waals surface area contributed by atoms with Crippen molar-refractivity contribution in [2.75, 3.05) is 19.6 Å². The lowest BCUT2D eigenvalue weighted by atomic mass is 10.1. The predicted octanol–water partition coefficient (Wildman–Crippen LogP) is 2.18. The minimum Gasteiger partial charge on any atom is -0.477 e. The van der Waals surface area contributed by atoms with Crippen LogP contribution in [0, 0.1) is 23.5 Å².